The molecule has 2 rings (SSSR count). The van der Waals surface area contributed by atoms with Gasteiger partial charge in [-0.25, -0.2) is 10.6 Å². The molecule has 0 aliphatic rings. The van der Waals surface area contributed by atoms with E-state index in [9.17, 15) is 4.79 Å². The molecule has 0 saturated heterocycles. The highest BCUT2D eigenvalue weighted by Crippen LogP contribution is 2.21. The predicted molar refractivity (Wildman–Crippen MR) is 82.5 cm³/mol. The van der Waals surface area contributed by atoms with E-state index >= 15 is 0 Å². The van der Waals surface area contributed by atoms with Crippen LogP contribution in [-0.2, 0) is 6.54 Å². The molecule has 0 atom stereocenters. The summed E-state index contributed by atoms with van der Waals surface area (Å²) >= 11 is 0. The van der Waals surface area contributed by atoms with Gasteiger partial charge in [-0.05, 0) is 19.4 Å². The molecular formula is C15H17N5O. The Bertz CT molecular complexity index is 744. The largest absolute Gasteiger partial charge is 0.352 e. The summed E-state index contributed by atoms with van der Waals surface area (Å²) in [7, 11) is 0. The molecule has 0 saturated carbocycles. The van der Waals surface area contributed by atoms with Gasteiger partial charge in [0, 0.05) is 12.1 Å². The van der Waals surface area contributed by atoms with Crippen LogP contribution in [0.2, 0.25) is 0 Å². The minimum atomic E-state index is -0.395. The van der Waals surface area contributed by atoms with Crippen LogP contribution < -0.4 is 16.5 Å². The van der Waals surface area contributed by atoms with Gasteiger partial charge in [0.05, 0.1) is 6.54 Å². The lowest BCUT2D eigenvalue weighted by Crippen LogP contribution is -2.37. The van der Waals surface area contributed by atoms with E-state index in [2.05, 4.69) is 15.9 Å². The number of hydrogen-bond donors (Lipinski definition) is 1. The molecule has 2 aromatic rings. The van der Waals surface area contributed by atoms with Crippen molar-refractivity contribution >= 4 is 5.95 Å². The van der Waals surface area contributed by atoms with E-state index in [1.54, 1.807) is 0 Å². The highest BCUT2D eigenvalue weighted by molar-refractivity contribution is 5.61. The molecule has 0 aliphatic carbocycles. The summed E-state index contributed by atoms with van der Waals surface area (Å²) in [6.45, 7) is 4.43. The average molecular weight is 283 g/mol. The van der Waals surface area contributed by atoms with Crippen LogP contribution >= 0.6 is 0 Å². The first-order chi connectivity index (χ1) is 10.1. The Morgan fingerprint density at radius 1 is 1.38 bits per heavy atom. The summed E-state index contributed by atoms with van der Waals surface area (Å²) in [5, 5.41) is 1.18. The summed E-state index contributed by atoms with van der Waals surface area (Å²) in [6.07, 6.45) is 5.22. The minimum absolute atomic E-state index is 0.126. The molecular weight excluding hydrogens is 266 g/mol. The number of anilines is 1. The third-order valence-electron chi connectivity index (χ3n) is 3.11. The summed E-state index contributed by atoms with van der Waals surface area (Å²) in [5.41, 5.74) is 1.49. The van der Waals surface area contributed by atoms with Crippen molar-refractivity contribution in [1.29, 1.82) is 0 Å². The van der Waals surface area contributed by atoms with Crippen LogP contribution in [0, 0.1) is 19.3 Å². The molecule has 6 nitrogen and oxygen atoms in total. The van der Waals surface area contributed by atoms with Crippen LogP contribution in [-0.4, -0.2) is 21.1 Å². The van der Waals surface area contributed by atoms with Gasteiger partial charge in [0.1, 0.15) is 5.82 Å². The zero-order valence-corrected chi connectivity index (χ0v) is 12.1. The van der Waals surface area contributed by atoms with Gasteiger partial charge >= 0.3 is 5.69 Å². The fourth-order valence-electron chi connectivity index (χ4n) is 2.03. The lowest BCUT2D eigenvalue weighted by Gasteiger charge is -2.17. The Hall–Kier alpha value is -2.65. The second-order valence-corrected chi connectivity index (χ2v) is 4.52. The van der Waals surface area contributed by atoms with Gasteiger partial charge in [0.25, 0.3) is 0 Å². The van der Waals surface area contributed by atoms with Crippen molar-refractivity contribution < 1.29 is 0 Å². The molecule has 2 N–H and O–H groups in total. The average Bonchev–Trinajstić information content (AvgIpc) is 2.47. The van der Waals surface area contributed by atoms with Crippen LogP contribution in [0.4, 0.5) is 5.95 Å². The first kappa shape index (κ1) is 14.8. The first-order valence-corrected chi connectivity index (χ1v) is 6.59. The second kappa shape index (κ2) is 6.20. The first-order valence-electron chi connectivity index (χ1n) is 6.59. The number of hydrogen-bond acceptors (Lipinski definition) is 5. The van der Waals surface area contributed by atoms with E-state index < -0.39 is 5.69 Å². The quantitative estimate of drug-likeness (QED) is 0.513. The fourth-order valence-corrected chi connectivity index (χ4v) is 2.03. The molecule has 1 heterocycles. The summed E-state index contributed by atoms with van der Waals surface area (Å²) in [5.74, 6) is 8.83. The van der Waals surface area contributed by atoms with Gasteiger partial charge in [0.15, 0.2) is 0 Å². The van der Waals surface area contributed by atoms with Gasteiger partial charge in [-0.2, -0.15) is 9.97 Å². The number of rotatable bonds is 4. The van der Waals surface area contributed by atoms with E-state index in [-0.39, 0.29) is 12.5 Å². The van der Waals surface area contributed by atoms with Crippen LogP contribution in [0.3, 0.4) is 0 Å². The lowest BCUT2D eigenvalue weighted by molar-refractivity contribution is 0.677. The van der Waals surface area contributed by atoms with Crippen LogP contribution in [0.5, 0.6) is 0 Å². The Labute approximate surface area is 123 Å². The van der Waals surface area contributed by atoms with Crippen molar-refractivity contribution in [3.8, 4) is 23.7 Å². The van der Waals surface area contributed by atoms with Crippen molar-refractivity contribution in [1.82, 2.24) is 14.5 Å². The molecule has 0 fully saturated rings. The van der Waals surface area contributed by atoms with Gasteiger partial charge < -0.3 is 0 Å². The fraction of sp³-hybridized carbons (Fsp3) is 0.267. The summed E-state index contributed by atoms with van der Waals surface area (Å²) in [6, 6.07) is 7.71. The molecule has 6 heteroatoms. The van der Waals surface area contributed by atoms with E-state index in [1.807, 2.05) is 38.1 Å². The molecule has 0 bridgehead atoms. The number of terminal acetylenes is 1. The van der Waals surface area contributed by atoms with Crippen LogP contribution in [0.25, 0.3) is 11.4 Å². The molecule has 108 valence electrons. The van der Waals surface area contributed by atoms with Crippen molar-refractivity contribution in [2.24, 2.45) is 5.84 Å². The maximum atomic E-state index is 12.2. The van der Waals surface area contributed by atoms with Gasteiger partial charge in [-0.1, -0.05) is 30.2 Å². The monoisotopic (exact) mass is 283 g/mol. The Morgan fingerprint density at radius 3 is 2.71 bits per heavy atom. The second-order valence-electron chi connectivity index (χ2n) is 4.52. The third kappa shape index (κ3) is 2.93. The van der Waals surface area contributed by atoms with E-state index in [4.69, 9.17) is 12.3 Å². The van der Waals surface area contributed by atoms with Gasteiger partial charge in [-0.15, -0.1) is 6.42 Å². The zero-order valence-electron chi connectivity index (χ0n) is 12.1. The number of nitrogens with zero attached hydrogens (tertiary/aromatic N) is 4. The molecule has 0 aliphatic heterocycles. The molecule has 21 heavy (non-hydrogen) atoms. The Morgan fingerprint density at radius 2 is 2.10 bits per heavy atom. The van der Waals surface area contributed by atoms with Crippen molar-refractivity contribution in [2.45, 2.75) is 20.4 Å². The topological polar surface area (TPSA) is 77.0 Å². The van der Waals surface area contributed by atoms with E-state index in [0.29, 0.717) is 12.4 Å². The minimum Gasteiger partial charge on any atom is -0.276 e. The highest BCUT2D eigenvalue weighted by atomic mass is 16.1. The smallest absolute Gasteiger partial charge is 0.276 e. The number of aromatic nitrogens is 3. The van der Waals surface area contributed by atoms with Crippen molar-refractivity contribution in [2.75, 3.05) is 11.6 Å². The standard InChI is InChI=1S/C15H17N5O/c1-4-10-20(16)14-17-13(19(5-2)15(21)18-14)12-9-7-6-8-11(12)3/h1,6-9H,5,10,16H2,2-3H3. The zero-order chi connectivity index (χ0) is 15.4. The van der Waals surface area contributed by atoms with Crippen LogP contribution in [0.15, 0.2) is 29.1 Å². The number of nitrogens with two attached hydrogens (primary N) is 1. The van der Waals surface area contributed by atoms with E-state index in [1.165, 1.54) is 9.58 Å². The van der Waals surface area contributed by atoms with Crippen molar-refractivity contribution in [3.63, 3.8) is 0 Å². The normalized spacial score (nSPS) is 10.2. The van der Waals surface area contributed by atoms with Gasteiger partial charge in [0.2, 0.25) is 5.95 Å². The summed E-state index contributed by atoms with van der Waals surface area (Å²) < 4.78 is 1.51. The number of aryl methyl sites for hydroxylation is 1. The molecule has 1 aromatic carbocycles. The maximum Gasteiger partial charge on any atom is 0.352 e. The molecule has 0 unspecified atom stereocenters. The number of hydrazine groups is 1. The molecule has 0 amide bonds. The van der Waals surface area contributed by atoms with Crippen LogP contribution in [0.1, 0.15) is 12.5 Å². The summed E-state index contributed by atoms with van der Waals surface area (Å²) in [4.78, 5) is 20.5. The number of benzene rings is 1. The Kier molecular flexibility index (Phi) is 4.36. The SMILES string of the molecule is C#CCN(N)c1nc(-c2ccccc2C)n(CC)c(=O)n1. The third-order valence-corrected chi connectivity index (χ3v) is 3.11. The van der Waals surface area contributed by atoms with E-state index in [0.717, 1.165) is 11.1 Å². The molecule has 1 aromatic heterocycles. The molecule has 0 radical (unpaired) electrons. The lowest BCUT2D eigenvalue weighted by atomic mass is 10.1. The predicted octanol–water partition coefficient (Wildman–Crippen LogP) is 0.947. The molecule has 0 spiro atoms. The maximum absolute atomic E-state index is 12.2. The van der Waals surface area contributed by atoms with Gasteiger partial charge in [-0.3, -0.25) is 9.58 Å². The van der Waals surface area contributed by atoms with Crippen molar-refractivity contribution in [3.05, 3.63) is 40.3 Å². The Balaban J connectivity index is 2.67. The highest BCUT2D eigenvalue weighted by Gasteiger charge is 2.14.